The highest BCUT2D eigenvalue weighted by Crippen LogP contribution is 2.37. The maximum absolute atomic E-state index is 12.4. The SMILES string of the molecule is CCCC(=O)c1cc(-c2ncc(-c3cn[nH]c3)c3onc(N)c23)ccc1N. The lowest BCUT2D eigenvalue weighted by Gasteiger charge is -2.09. The van der Waals surface area contributed by atoms with Gasteiger partial charge in [-0.05, 0) is 18.6 Å². The molecule has 8 heteroatoms. The molecule has 8 nitrogen and oxygen atoms in total. The van der Waals surface area contributed by atoms with Crippen LogP contribution in [0.4, 0.5) is 11.5 Å². The van der Waals surface area contributed by atoms with Crippen molar-refractivity contribution in [1.82, 2.24) is 20.3 Å². The van der Waals surface area contributed by atoms with Crippen LogP contribution >= 0.6 is 0 Å². The average molecular weight is 362 g/mol. The predicted octanol–water partition coefficient (Wildman–Crippen LogP) is 3.43. The van der Waals surface area contributed by atoms with Crippen molar-refractivity contribution in [3.63, 3.8) is 0 Å². The van der Waals surface area contributed by atoms with Gasteiger partial charge in [0, 0.05) is 46.8 Å². The molecule has 0 amide bonds. The quantitative estimate of drug-likeness (QED) is 0.365. The Labute approximate surface area is 154 Å². The first kappa shape index (κ1) is 16.8. The zero-order valence-electron chi connectivity index (χ0n) is 14.7. The van der Waals surface area contributed by atoms with Crippen LogP contribution < -0.4 is 11.5 Å². The number of nitrogens with two attached hydrogens (primary N) is 2. The molecule has 3 aromatic heterocycles. The van der Waals surface area contributed by atoms with E-state index in [1.165, 1.54) is 0 Å². The number of carbonyl (C=O) groups excluding carboxylic acids is 1. The molecule has 0 fully saturated rings. The minimum absolute atomic E-state index is 0.00130. The number of nitrogens with zero attached hydrogens (tertiary/aromatic N) is 3. The minimum Gasteiger partial charge on any atom is -0.398 e. The monoisotopic (exact) mass is 362 g/mol. The molecule has 136 valence electrons. The summed E-state index contributed by atoms with van der Waals surface area (Å²) >= 11 is 0. The van der Waals surface area contributed by atoms with Gasteiger partial charge >= 0.3 is 0 Å². The molecule has 0 saturated heterocycles. The van der Waals surface area contributed by atoms with Crippen LogP contribution in [0.15, 0.2) is 41.3 Å². The lowest BCUT2D eigenvalue weighted by atomic mass is 9.98. The van der Waals surface area contributed by atoms with Gasteiger partial charge in [-0.3, -0.25) is 14.9 Å². The number of aromatic nitrogens is 4. The predicted molar refractivity (Wildman–Crippen MR) is 103 cm³/mol. The van der Waals surface area contributed by atoms with Crippen molar-refractivity contribution in [2.24, 2.45) is 0 Å². The van der Waals surface area contributed by atoms with Crippen LogP contribution in [-0.2, 0) is 0 Å². The van der Waals surface area contributed by atoms with E-state index in [0.717, 1.165) is 23.1 Å². The number of benzene rings is 1. The number of H-pyrrole nitrogens is 1. The van der Waals surface area contributed by atoms with Crippen LogP contribution in [0.2, 0.25) is 0 Å². The van der Waals surface area contributed by atoms with Crippen molar-refractivity contribution in [3.8, 4) is 22.4 Å². The second-order valence-corrected chi connectivity index (χ2v) is 6.25. The molecule has 0 radical (unpaired) electrons. The van der Waals surface area contributed by atoms with Crippen molar-refractivity contribution in [2.75, 3.05) is 11.5 Å². The Morgan fingerprint density at radius 2 is 2.07 bits per heavy atom. The molecule has 0 unspecified atom stereocenters. The number of hydrogen-bond donors (Lipinski definition) is 3. The van der Waals surface area contributed by atoms with Crippen LogP contribution in [-0.4, -0.2) is 26.1 Å². The number of pyridine rings is 1. The van der Waals surface area contributed by atoms with Gasteiger partial charge in [0.1, 0.15) is 0 Å². The lowest BCUT2D eigenvalue weighted by molar-refractivity contribution is 0.0982. The van der Waals surface area contributed by atoms with Crippen molar-refractivity contribution in [2.45, 2.75) is 19.8 Å². The summed E-state index contributed by atoms with van der Waals surface area (Å²) in [7, 11) is 0. The number of hydrogen-bond acceptors (Lipinski definition) is 7. The first-order chi connectivity index (χ1) is 13.1. The zero-order valence-corrected chi connectivity index (χ0v) is 14.7. The normalized spacial score (nSPS) is 11.1. The highest BCUT2D eigenvalue weighted by Gasteiger charge is 2.20. The third kappa shape index (κ3) is 2.80. The Kier molecular flexibility index (Phi) is 4.08. The summed E-state index contributed by atoms with van der Waals surface area (Å²) in [5, 5.41) is 11.2. The third-order valence-electron chi connectivity index (χ3n) is 4.44. The molecular formula is C19H18N6O2. The molecule has 0 aliphatic carbocycles. The Balaban J connectivity index is 1.91. The van der Waals surface area contributed by atoms with E-state index in [0.29, 0.717) is 34.3 Å². The fourth-order valence-corrected chi connectivity index (χ4v) is 3.10. The lowest BCUT2D eigenvalue weighted by Crippen LogP contribution is -2.04. The Morgan fingerprint density at radius 1 is 1.22 bits per heavy atom. The maximum atomic E-state index is 12.4. The van der Waals surface area contributed by atoms with E-state index in [-0.39, 0.29) is 11.6 Å². The van der Waals surface area contributed by atoms with Gasteiger partial charge in [-0.2, -0.15) is 5.10 Å². The van der Waals surface area contributed by atoms with E-state index in [2.05, 4.69) is 20.3 Å². The van der Waals surface area contributed by atoms with Crippen LogP contribution in [0.5, 0.6) is 0 Å². The fraction of sp³-hybridized carbons (Fsp3) is 0.158. The summed E-state index contributed by atoms with van der Waals surface area (Å²) in [4.78, 5) is 16.9. The van der Waals surface area contributed by atoms with E-state index in [1.807, 2.05) is 13.0 Å². The minimum atomic E-state index is 0.00130. The summed E-state index contributed by atoms with van der Waals surface area (Å²) in [5.74, 6) is 0.234. The summed E-state index contributed by atoms with van der Waals surface area (Å²) in [6.07, 6.45) is 6.27. The van der Waals surface area contributed by atoms with Crippen LogP contribution in [0.1, 0.15) is 30.1 Å². The summed E-state index contributed by atoms with van der Waals surface area (Å²) in [6, 6.07) is 5.27. The molecule has 4 rings (SSSR count). The second kappa shape index (κ2) is 6.56. The molecule has 4 aromatic rings. The standard InChI is InChI=1S/C19H18N6O2/c1-2-3-15(26)12-6-10(4-5-14(12)20)17-16-18(27-25-19(16)21)13(9-22-17)11-7-23-24-8-11/h4-9H,2-3,20H2,1H3,(H2,21,25)(H,23,24). The number of anilines is 2. The molecule has 3 heterocycles. The van der Waals surface area contributed by atoms with E-state index in [1.54, 1.807) is 30.7 Å². The number of carbonyl (C=O) groups is 1. The smallest absolute Gasteiger partial charge is 0.180 e. The number of nitrogen functional groups attached to an aromatic ring is 2. The van der Waals surface area contributed by atoms with E-state index in [4.69, 9.17) is 16.0 Å². The second-order valence-electron chi connectivity index (χ2n) is 6.25. The van der Waals surface area contributed by atoms with Crippen LogP contribution in [0.25, 0.3) is 33.4 Å². The van der Waals surface area contributed by atoms with Gasteiger partial charge < -0.3 is 16.0 Å². The summed E-state index contributed by atoms with van der Waals surface area (Å²) < 4.78 is 5.46. The third-order valence-corrected chi connectivity index (χ3v) is 4.44. The molecule has 0 aliphatic rings. The largest absolute Gasteiger partial charge is 0.398 e. The molecule has 0 atom stereocenters. The summed E-state index contributed by atoms with van der Waals surface area (Å²) in [5.41, 5.74) is 16.3. The van der Waals surface area contributed by atoms with Crippen LogP contribution in [0, 0.1) is 0 Å². The number of fused-ring (bicyclic) bond motifs is 1. The van der Waals surface area contributed by atoms with Gasteiger partial charge in [-0.1, -0.05) is 18.1 Å². The van der Waals surface area contributed by atoms with E-state index < -0.39 is 0 Å². The topological polar surface area (TPSA) is 137 Å². The molecule has 0 bridgehead atoms. The van der Waals surface area contributed by atoms with Gasteiger partial charge in [0.2, 0.25) is 0 Å². The van der Waals surface area contributed by atoms with Gasteiger partial charge in [-0.15, -0.1) is 0 Å². The Bertz CT molecular complexity index is 1130. The highest BCUT2D eigenvalue weighted by atomic mass is 16.5. The van der Waals surface area contributed by atoms with Gasteiger partial charge in [0.25, 0.3) is 0 Å². The maximum Gasteiger partial charge on any atom is 0.180 e. The molecular weight excluding hydrogens is 344 g/mol. The van der Waals surface area contributed by atoms with E-state index >= 15 is 0 Å². The number of ketones is 1. The van der Waals surface area contributed by atoms with Crippen molar-refractivity contribution >= 4 is 28.3 Å². The molecule has 5 N–H and O–H groups in total. The van der Waals surface area contributed by atoms with Crippen molar-refractivity contribution in [1.29, 1.82) is 0 Å². The Morgan fingerprint density at radius 3 is 2.81 bits per heavy atom. The molecule has 0 spiro atoms. The zero-order chi connectivity index (χ0) is 19.0. The molecule has 1 aromatic carbocycles. The van der Waals surface area contributed by atoms with E-state index in [9.17, 15) is 4.79 Å². The number of Topliss-reactive ketones (excluding diaryl/α,β-unsaturated/α-hetero) is 1. The fourth-order valence-electron chi connectivity index (χ4n) is 3.10. The number of rotatable bonds is 5. The molecule has 0 saturated carbocycles. The molecule has 27 heavy (non-hydrogen) atoms. The van der Waals surface area contributed by atoms with Gasteiger partial charge in [-0.25, -0.2) is 0 Å². The highest BCUT2D eigenvalue weighted by molar-refractivity contribution is 6.07. The van der Waals surface area contributed by atoms with Crippen LogP contribution in [0.3, 0.4) is 0 Å². The first-order valence-corrected chi connectivity index (χ1v) is 8.56. The first-order valence-electron chi connectivity index (χ1n) is 8.56. The van der Waals surface area contributed by atoms with Gasteiger partial charge in [0.15, 0.2) is 17.2 Å². The summed E-state index contributed by atoms with van der Waals surface area (Å²) in [6.45, 7) is 1.95. The Hall–Kier alpha value is -3.68. The average Bonchev–Trinajstić information content (AvgIpc) is 3.32. The van der Waals surface area contributed by atoms with Gasteiger partial charge in [0.05, 0.1) is 17.3 Å². The van der Waals surface area contributed by atoms with Crippen molar-refractivity contribution < 1.29 is 9.32 Å². The number of nitrogens with one attached hydrogen (secondary N) is 1. The number of aromatic amines is 1. The van der Waals surface area contributed by atoms with Crippen molar-refractivity contribution in [3.05, 3.63) is 42.4 Å². The molecule has 0 aliphatic heterocycles.